The number of hydrogen-bond acceptors (Lipinski definition) is 3. The third-order valence-corrected chi connectivity index (χ3v) is 2.72. The second kappa shape index (κ2) is 5.73. The molecular weight excluding hydrogens is 268 g/mol. The summed E-state index contributed by atoms with van der Waals surface area (Å²) in [6.07, 6.45) is 0. The molecule has 0 aliphatic heterocycles. The summed E-state index contributed by atoms with van der Waals surface area (Å²) in [4.78, 5) is 11.1. The Hall–Kier alpha value is -2.04. The van der Waals surface area contributed by atoms with Crippen molar-refractivity contribution in [1.29, 1.82) is 0 Å². The van der Waals surface area contributed by atoms with E-state index in [9.17, 15) is 4.79 Å². The number of rotatable bonds is 4. The van der Waals surface area contributed by atoms with Crippen LogP contribution in [0, 0.1) is 0 Å². The number of aromatic carboxylic acids is 1. The van der Waals surface area contributed by atoms with Gasteiger partial charge in [0.2, 0.25) is 0 Å². The Kier molecular flexibility index (Phi) is 4.04. The molecule has 0 fully saturated rings. The number of aliphatic hydroxyl groups excluding tert-OH is 1. The molecule has 0 heterocycles. The molecular formula is C14H11ClO4. The zero-order valence-electron chi connectivity index (χ0n) is 9.84. The van der Waals surface area contributed by atoms with E-state index in [0.29, 0.717) is 16.3 Å². The molecule has 0 aliphatic rings. The molecule has 0 bridgehead atoms. The van der Waals surface area contributed by atoms with Crippen LogP contribution in [0.25, 0.3) is 0 Å². The van der Waals surface area contributed by atoms with Gasteiger partial charge in [-0.05, 0) is 35.9 Å². The van der Waals surface area contributed by atoms with Crippen molar-refractivity contribution in [1.82, 2.24) is 0 Å². The predicted octanol–water partition coefficient (Wildman–Crippen LogP) is 3.32. The number of carboxylic acids is 1. The van der Waals surface area contributed by atoms with Gasteiger partial charge < -0.3 is 14.9 Å². The number of aliphatic hydroxyl groups is 1. The van der Waals surface area contributed by atoms with E-state index in [4.69, 9.17) is 26.6 Å². The standard InChI is InChI=1S/C14H11ClO4/c15-10-4-5-13(12(7-10)14(17)18)19-11-3-1-2-9(6-11)8-16/h1-7,16H,8H2,(H,17,18). The molecule has 0 amide bonds. The highest BCUT2D eigenvalue weighted by Crippen LogP contribution is 2.28. The average molecular weight is 279 g/mol. The number of carboxylic acid groups (broad SMARTS) is 1. The van der Waals surface area contributed by atoms with Crippen molar-refractivity contribution in [3.63, 3.8) is 0 Å². The third kappa shape index (κ3) is 3.24. The Balaban J connectivity index is 2.34. The number of halogens is 1. The maximum Gasteiger partial charge on any atom is 0.339 e. The zero-order chi connectivity index (χ0) is 13.8. The van der Waals surface area contributed by atoms with Crippen molar-refractivity contribution in [2.75, 3.05) is 0 Å². The van der Waals surface area contributed by atoms with E-state index in [1.54, 1.807) is 30.3 Å². The molecule has 0 radical (unpaired) electrons. The van der Waals surface area contributed by atoms with Crippen molar-refractivity contribution in [3.8, 4) is 11.5 Å². The molecule has 2 rings (SSSR count). The predicted molar refractivity (Wildman–Crippen MR) is 70.9 cm³/mol. The summed E-state index contributed by atoms with van der Waals surface area (Å²) in [5.41, 5.74) is 0.672. The van der Waals surface area contributed by atoms with Crippen molar-refractivity contribution in [2.24, 2.45) is 0 Å². The van der Waals surface area contributed by atoms with Crippen LogP contribution in [0.2, 0.25) is 5.02 Å². The average Bonchev–Trinajstić information content (AvgIpc) is 2.41. The molecule has 98 valence electrons. The van der Waals surface area contributed by atoms with Gasteiger partial charge in [-0.3, -0.25) is 0 Å². The fourth-order valence-electron chi connectivity index (χ4n) is 1.59. The largest absolute Gasteiger partial charge is 0.478 e. The Morgan fingerprint density at radius 2 is 2.00 bits per heavy atom. The SMILES string of the molecule is O=C(O)c1cc(Cl)ccc1Oc1cccc(CO)c1. The van der Waals surface area contributed by atoms with Crippen LogP contribution in [0.3, 0.4) is 0 Å². The molecule has 2 N–H and O–H groups in total. The lowest BCUT2D eigenvalue weighted by Crippen LogP contribution is -2.00. The number of benzene rings is 2. The van der Waals surface area contributed by atoms with Crippen molar-refractivity contribution in [3.05, 3.63) is 58.6 Å². The highest BCUT2D eigenvalue weighted by molar-refractivity contribution is 6.31. The zero-order valence-corrected chi connectivity index (χ0v) is 10.6. The quantitative estimate of drug-likeness (QED) is 0.900. The third-order valence-electron chi connectivity index (χ3n) is 2.48. The second-order valence-corrected chi connectivity index (χ2v) is 4.29. The second-order valence-electron chi connectivity index (χ2n) is 3.85. The van der Waals surface area contributed by atoms with E-state index >= 15 is 0 Å². The first kappa shape index (κ1) is 13.4. The summed E-state index contributed by atoms with van der Waals surface area (Å²) in [7, 11) is 0. The summed E-state index contributed by atoms with van der Waals surface area (Å²) in [5.74, 6) is -0.459. The molecule has 0 aliphatic carbocycles. The molecule has 0 saturated carbocycles. The van der Waals surface area contributed by atoms with Gasteiger partial charge in [0.05, 0.1) is 6.61 Å². The normalized spacial score (nSPS) is 10.2. The van der Waals surface area contributed by atoms with Gasteiger partial charge >= 0.3 is 5.97 Å². The van der Waals surface area contributed by atoms with E-state index in [2.05, 4.69) is 0 Å². The van der Waals surface area contributed by atoms with Gasteiger partial charge in [-0.2, -0.15) is 0 Å². The maximum absolute atomic E-state index is 11.1. The molecule has 0 unspecified atom stereocenters. The maximum atomic E-state index is 11.1. The van der Waals surface area contributed by atoms with E-state index in [1.165, 1.54) is 12.1 Å². The lowest BCUT2D eigenvalue weighted by atomic mass is 10.2. The van der Waals surface area contributed by atoms with Gasteiger partial charge in [-0.25, -0.2) is 4.79 Å². The van der Waals surface area contributed by atoms with Crippen molar-refractivity contribution >= 4 is 17.6 Å². The summed E-state index contributed by atoms with van der Waals surface area (Å²) in [6.45, 7) is -0.108. The van der Waals surface area contributed by atoms with Gasteiger partial charge in [0.25, 0.3) is 0 Å². The first-order valence-electron chi connectivity index (χ1n) is 5.50. The van der Waals surface area contributed by atoms with Crippen LogP contribution >= 0.6 is 11.6 Å². The summed E-state index contributed by atoms with van der Waals surface area (Å²) >= 11 is 5.76. The molecule has 5 heteroatoms. The topological polar surface area (TPSA) is 66.8 Å². The van der Waals surface area contributed by atoms with E-state index in [-0.39, 0.29) is 17.9 Å². The lowest BCUT2D eigenvalue weighted by molar-refractivity contribution is 0.0694. The first-order chi connectivity index (χ1) is 9.10. The number of hydrogen-bond donors (Lipinski definition) is 2. The highest BCUT2D eigenvalue weighted by Gasteiger charge is 2.12. The van der Waals surface area contributed by atoms with Crippen LogP contribution in [0.4, 0.5) is 0 Å². The summed E-state index contributed by atoms with van der Waals surface area (Å²) in [6, 6.07) is 11.2. The van der Waals surface area contributed by atoms with Crippen molar-refractivity contribution < 1.29 is 19.7 Å². The molecule has 0 aromatic heterocycles. The van der Waals surface area contributed by atoms with Crippen LogP contribution in [0.5, 0.6) is 11.5 Å². The molecule has 19 heavy (non-hydrogen) atoms. The molecule has 2 aromatic carbocycles. The molecule has 0 saturated heterocycles. The van der Waals surface area contributed by atoms with Gasteiger partial charge in [0, 0.05) is 5.02 Å². The van der Waals surface area contributed by atoms with Crippen molar-refractivity contribution in [2.45, 2.75) is 6.61 Å². The summed E-state index contributed by atoms with van der Waals surface area (Å²) in [5, 5.41) is 18.5. The van der Waals surface area contributed by atoms with Gasteiger partial charge in [0.15, 0.2) is 0 Å². The summed E-state index contributed by atoms with van der Waals surface area (Å²) < 4.78 is 5.52. The Morgan fingerprint density at radius 3 is 2.68 bits per heavy atom. The van der Waals surface area contributed by atoms with Crippen LogP contribution < -0.4 is 4.74 Å². The lowest BCUT2D eigenvalue weighted by Gasteiger charge is -2.09. The molecule has 0 spiro atoms. The van der Waals surface area contributed by atoms with E-state index in [1.807, 2.05) is 0 Å². The highest BCUT2D eigenvalue weighted by atomic mass is 35.5. The molecule has 0 atom stereocenters. The monoisotopic (exact) mass is 278 g/mol. The fraction of sp³-hybridized carbons (Fsp3) is 0.0714. The Labute approximate surface area is 114 Å². The molecule has 2 aromatic rings. The first-order valence-corrected chi connectivity index (χ1v) is 5.88. The van der Waals surface area contributed by atoms with Gasteiger partial charge in [0.1, 0.15) is 17.1 Å². The van der Waals surface area contributed by atoms with Crippen LogP contribution in [-0.2, 0) is 6.61 Å². The van der Waals surface area contributed by atoms with Gasteiger partial charge in [-0.1, -0.05) is 23.7 Å². The van der Waals surface area contributed by atoms with E-state index < -0.39 is 5.97 Å². The Morgan fingerprint density at radius 1 is 1.21 bits per heavy atom. The fourth-order valence-corrected chi connectivity index (χ4v) is 1.76. The van der Waals surface area contributed by atoms with Crippen LogP contribution in [-0.4, -0.2) is 16.2 Å². The van der Waals surface area contributed by atoms with E-state index in [0.717, 1.165) is 0 Å². The minimum atomic E-state index is -1.11. The smallest absolute Gasteiger partial charge is 0.339 e. The Bertz CT molecular complexity index is 610. The number of carbonyl (C=O) groups is 1. The van der Waals surface area contributed by atoms with Crippen LogP contribution in [0.15, 0.2) is 42.5 Å². The number of ether oxygens (including phenoxy) is 1. The minimum Gasteiger partial charge on any atom is -0.478 e. The minimum absolute atomic E-state index is 0.0121. The van der Waals surface area contributed by atoms with Crippen LogP contribution in [0.1, 0.15) is 15.9 Å². The molecule has 4 nitrogen and oxygen atoms in total. The van der Waals surface area contributed by atoms with Gasteiger partial charge in [-0.15, -0.1) is 0 Å².